The van der Waals surface area contributed by atoms with Gasteiger partial charge in [-0.3, -0.25) is 0 Å². The van der Waals surface area contributed by atoms with Crippen molar-refractivity contribution in [3.63, 3.8) is 0 Å². The molecule has 4 nitrogen and oxygen atoms in total. The first kappa shape index (κ1) is 11.4. The molecule has 2 atom stereocenters. The molecule has 88 valence electrons. The molecule has 0 spiro atoms. The summed E-state index contributed by atoms with van der Waals surface area (Å²) >= 11 is 0. The maximum Gasteiger partial charge on any atom is 0.124 e. The highest BCUT2D eigenvalue weighted by Crippen LogP contribution is 2.31. The summed E-state index contributed by atoms with van der Waals surface area (Å²) in [6.45, 7) is 1.62. The Morgan fingerprint density at radius 2 is 2.19 bits per heavy atom. The van der Waals surface area contributed by atoms with Crippen LogP contribution < -0.4 is 10.5 Å². The standard InChI is InChI=1S/C12H17NO3/c1-14-6-7-15-11-8-16-10-5-3-2-4-9(10)12(11)13/h2-5,11-12H,6-8,13H2,1H3/t11-,12?/m1/s1. The molecule has 1 unspecified atom stereocenters. The lowest BCUT2D eigenvalue weighted by molar-refractivity contribution is -0.0266. The van der Waals surface area contributed by atoms with Gasteiger partial charge in [-0.05, 0) is 6.07 Å². The van der Waals surface area contributed by atoms with Crippen molar-refractivity contribution >= 4 is 0 Å². The maximum atomic E-state index is 6.13. The van der Waals surface area contributed by atoms with E-state index in [0.29, 0.717) is 19.8 Å². The zero-order valence-electron chi connectivity index (χ0n) is 9.39. The highest BCUT2D eigenvalue weighted by molar-refractivity contribution is 5.38. The third-order valence-electron chi connectivity index (χ3n) is 2.70. The third-order valence-corrected chi connectivity index (χ3v) is 2.70. The van der Waals surface area contributed by atoms with Crippen LogP contribution in [-0.2, 0) is 9.47 Å². The number of hydrogen-bond acceptors (Lipinski definition) is 4. The minimum Gasteiger partial charge on any atom is -0.490 e. The zero-order valence-corrected chi connectivity index (χ0v) is 9.39. The molecule has 0 aliphatic carbocycles. The molecule has 1 aliphatic rings. The first-order valence-corrected chi connectivity index (χ1v) is 5.41. The first-order chi connectivity index (χ1) is 7.83. The van der Waals surface area contributed by atoms with Crippen molar-refractivity contribution in [2.45, 2.75) is 12.1 Å². The Labute approximate surface area is 95.3 Å². The topological polar surface area (TPSA) is 53.7 Å². The summed E-state index contributed by atoms with van der Waals surface area (Å²) in [6, 6.07) is 7.69. The van der Waals surface area contributed by atoms with Gasteiger partial charge in [-0.1, -0.05) is 18.2 Å². The van der Waals surface area contributed by atoms with Gasteiger partial charge in [-0.2, -0.15) is 0 Å². The number of benzene rings is 1. The SMILES string of the molecule is COCCO[C@@H]1COc2ccccc2C1N. The van der Waals surface area contributed by atoms with E-state index in [9.17, 15) is 0 Å². The molecular formula is C12H17NO3. The highest BCUT2D eigenvalue weighted by Gasteiger charge is 2.28. The molecule has 1 aromatic rings. The van der Waals surface area contributed by atoms with Gasteiger partial charge in [0.25, 0.3) is 0 Å². The van der Waals surface area contributed by atoms with Gasteiger partial charge in [0.15, 0.2) is 0 Å². The van der Waals surface area contributed by atoms with Crippen LogP contribution in [0.2, 0.25) is 0 Å². The van der Waals surface area contributed by atoms with Crippen molar-refractivity contribution in [1.29, 1.82) is 0 Å². The molecule has 0 amide bonds. The van der Waals surface area contributed by atoms with Crippen LogP contribution in [0, 0.1) is 0 Å². The van der Waals surface area contributed by atoms with E-state index < -0.39 is 0 Å². The number of nitrogens with two attached hydrogens (primary N) is 1. The zero-order chi connectivity index (χ0) is 11.4. The molecule has 0 saturated heterocycles. The first-order valence-electron chi connectivity index (χ1n) is 5.41. The van der Waals surface area contributed by atoms with Crippen molar-refractivity contribution in [3.05, 3.63) is 29.8 Å². The second-order valence-electron chi connectivity index (χ2n) is 3.78. The van der Waals surface area contributed by atoms with Crippen LogP contribution in [0.4, 0.5) is 0 Å². The summed E-state index contributed by atoms with van der Waals surface area (Å²) in [5.41, 5.74) is 7.14. The van der Waals surface area contributed by atoms with Gasteiger partial charge in [-0.15, -0.1) is 0 Å². The van der Waals surface area contributed by atoms with Crippen LogP contribution in [0.1, 0.15) is 11.6 Å². The molecule has 0 saturated carbocycles. The average molecular weight is 223 g/mol. The van der Waals surface area contributed by atoms with Gasteiger partial charge in [0.2, 0.25) is 0 Å². The van der Waals surface area contributed by atoms with Crippen LogP contribution in [0.5, 0.6) is 5.75 Å². The smallest absolute Gasteiger partial charge is 0.124 e. The van der Waals surface area contributed by atoms with E-state index in [4.69, 9.17) is 19.9 Å². The largest absolute Gasteiger partial charge is 0.490 e. The minimum absolute atomic E-state index is 0.0925. The van der Waals surface area contributed by atoms with Crippen molar-refractivity contribution in [2.24, 2.45) is 5.73 Å². The van der Waals surface area contributed by atoms with E-state index in [0.717, 1.165) is 11.3 Å². The number of para-hydroxylation sites is 1. The van der Waals surface area contributed by atoms with Crippen LogP contribution in [0.3, 0.4) is 0 Å². The lowest BCUT2D eigenvalue weighted by atomic mass is 9.99. The lowest BCUT2D eigenvalue weighted by Crippen LogP contribution is -2.38. The van der Waals surface area contributed by atoms with Crippen molar-refractivity contribution < 1.29 is 14.2 Å². The van der Waals surface area contributed by atoms with E-state index in [1.54, 1.807) is 7.11 Å². The van der Waals surface area contributed by atoms with Gasteiger partial charge in [0.1, 0.15) is 18.5 Å². The molecule has 0 bridgehead atoms. The number of methoxy groups -OCH3 is 1. The Balaban J connectivity index is 2.00. The predicted octanol–water partition coefficient (Wildman–Crippen LogP) is 1.11. The number of fused-ring (bicyclic) bond motifs is 1. The molecule has 2 rings (SSSR count). The third kappa shape index (κ3) is 2.35. The molecule has 16 heavy (non-hydrogen) atoms. The highest BCUT2D eigenvalue weighted by atomic mass is 16.6. The normalized spacial score (nSPS) is 23.6. The average Bonchev–Trinajstić information content (AvgIpc) is 2.33. The van der Waals surface area contributed by atoms with Gasteiger partial charge in [-0.25, -0.2) is 0 Å². The molecule has 0 fully saturated rings. The van der Waals surface area contributed by atoms with Gasteiger partial charge >= 0.3 is 0 Å². The van der Waals surface area contributed by atoms with Crippen molar-refractivity contribution in [3.8, 4) is 5.75 Å². The van der Waals surface area contributed by atoms with Crippen molar-refractivity contribution in [2.75, 3.05) is 26.9 Å². The summed E-state index contributed by atoms with van der Waals surface area (Å²) in [5, 5.41) is 0. The molecule has 4 heteroatoms. The second-order valence-corrected chi connectivity index (χ2v) is 3.78. The van der Waals surface area contributed by atoms with E-state index >= 15 is 0 Å². The van der Waals surface area contributed by atoms with E-state index in [1.165, 1.54) is 0 Å². The summed E-state index contributed by atoms with van der Waals surface area (Å²) in [5.74, 6) is 0.863. The summed E-state index contributed by atoms with van der Waals surface area (Å²) < 4.78 is 16.1. The molecular weight excluding hydrogens is 206 g/mol. The number of ether oxygens (including phenoxy) is 3. The van der Waals surface area contributed by atoms with Gasteiger partial charge in [0, 0.05) is 12.7 Å². The quantitative estimate of drug-likeness (QED) is 0.777. The lowest BCUT2D eigenvalue weighted by Gasteiger charge is -2.30. The van der Waals surface area contributed by atoms with Crippen LogP contribution in [-0.4, -0.2) is 33.0 Å². The molecule has 1 aromatic carbocycles. The van der Waals surface area contributed by atoms with Crippen LogP contribution in [0.25, 0.3) is 0 Å². The van der Waals surface area contributed by atoms with Crippen LogP contribution in [0.15, 0.2) is 24.3 Å². The van der Waals surface area contributed by atoms with Crippen LogP contribution >= 0.6 is 0 Å². The van der Waals surface area contributed by atoms with E-state index in [1.807, 2.05) is 24.3 Å². The van der Waals surface area contributed by atoms with Gasteiger partial charge in [0.05, 0.1) is 19.3 Å². The van der Waals surface area contributed by atoms with Crippen molar-refractivity contribution in [1.82, 2.24) is 0 Å². The second kappa shape index (κ2) is 5.30. The summed E-state index contributed by atoms with van der Waals surface area (Å²) in [7, 11) is 1.65. The minimum atomic E-state index is -0.123. The Bertz CT molecular complexity index is 343. The Morgan fingerprint density at radius 1 is 1.38 bits per heavy atom. The number of hydrogen-bond donors (Lipinski definition) is 1. The van der Waals surface area contributed by atoms with E-state index in [2.05, 4.69) is 0 Å². The molecule has 2 N–H and O–H groups in total. The predicted molar refractivity (Wildman–Crippen MR) is 60.5 cm³/mol. The summed E-state index contributed by atoms with van der Waals surface area (Å²) in [6.07, 6.45) is -0.0925. The Kier molecular flexibility index (Phi) is 3.77. The molecule has 0 aromatic heterocycles. The van der Waals surface area contributed by atoms with E-state index in [-0.39, 0.29) is 12.1 Å². The van der Waals surface area contributed by atoms with Gasteiger partial charge < -0.3 is 19.9 Å². The maximum absolute atomic E-state index is 6.13. The molecule has 1 heterocycles. The monoisotopic (exact) mass is 223 g/mol. The Hall–Kier alpha value is -1.10. The fourth-order valence-corrected chi connectivity index (χ4v) is 1.80. The molecule has 1 aliphatic heterocycles. The Morgan fingerprint density at radius 3 is 3.00 bits per heavy atom. The fourth-order valence-electron chi connectivity index (χ4n) is 1.80. The molecule has 0 radical (unpaired) electrons. The summed E-state index contributed by atoms with van der Waals surface area (Å²) in [4.78, 5) is 0. The number of rotatable bonds is 4. The fraction of sp³-hybridized carbons (Fsp3) is 0.500.